The van der Waals surface area contributed by atoms with Crippen LogP contribution >= 0.6 is 11.6 Å². The maximum atomic E-state index is 5.74. The lowest BCUT2D eigenvalue weighted by atomic mass is 10.3. The average molecular weight is 199 g/mol. The summed E-state index contributed by atoms with van der Waals surface area (Å²) in [6, 6.07) is 7.36. The molecule has 70 valence electrons. The zero-order chi connectivity index (χ0) is 9.26. The van der Waals surface area contributed by atoms with Crippen molar-refractivity contribution in [2.75, 3.05) is 6.61 Å². The molecule has 2 nitrogen and oxygen atoms in total. The van der Waals surface area contributed by atoms with Gasteiger partial charge in [-0.2, -0.15) is 0 Å². The lowest BCUT2D eigenvalue weighted by Gasteiger charge is -2.11. The molecule has 0 aromatic heterocycles. The van der Waals surface area contributed by atoms with Crippen molar-refractivity contribution in [3.8, 4) is 5.75 Å². The zero-order valence-corrected chi connectivity index (χ0v) is 8.12. The number of epoxide rings is 1. The van der Waals surface area contributed by atoms with Gasteiger partial charge in [0.2, 0.25) is 0 Å². The molecule has 2 atom stereocenters. The molecule has 1 heterocycles. The first-order chi connectivity index (χ1) is 6.25. The van der Waals surface area contributed by atoms with E-state index in [2.05, 4.69) is 0 Å². The Balaban J connectivity index is 1.96. The van der Waals surface area contributed by atoms with Crippen LogP contribution < -0.4 is 4.74 Å². The zero-order valence-electron chi connectivity index (χ0n) is 7.37. The van der Waals surface area contributed by atoms with Gasteiger partial charge in [0.1, 0.15) is 18.0 Å². The predicted octanol–water partition coefficient (Wildman–Crippen LogP) is 2.51. The Kier molecular flexibility index (Phi) is 2.42. The fraction of sp³-hybridized carbons (Fsp3) is 0.400. The minimum absolute atomic E-state index is 0.126. The molecular formula is C10H11ClO2. The molecule has 1 aromatic rings. The second kappa shape index (κ2) is 3.56. The number of hydrogen-bond donors (Lipinski definition) is 0. The highest BCUT2D eigenvalue weighted by atomic mass is 35.5. The second-order valence-corrected chi connectivity index (χ2v) is 3.59. The lowest BCUT2D eigenvalue weighted by Crippen LogP contribution is -2.18. The van der Waals surface area contributed by atoms with E-state index in [1.807, 2.05) is 31.2 Å². The van der Waals surface area contributed by atoms with E-state index in [9.17, 15) is 0 Å². The first kappa shape index (κ1) is 8.85. The van der Waals surface area contributed by atoms with Gasteiger partial charge < -0.3 is 9.47 Å². The quantitative estimate of drug-likeness (QED) is 0.697. The van der Waals surface area contributed by atoms with Gasteiger partial charge in [-0.25, -0.2) is 0 Å². The van der Waals surface area contributed by atoms with Crippen LogP contribution in [0, 0.1) is 0 Å². The maximum absolute atomic E-state index is 5.74. The van der Waals surface area contributed by atoms with Crippen LogP contribution in [0.5, 0.6) is 5.75 Å². The van der Waals surface area contributed by atoms with Gasteiger partial charge in [0.25, 0.3) is 0 Å². The van der Waals surface area contributed by atoms with Crippen LogP contribution in [-0.2, 0) is 4.74 Å². The molecule has 2 rings (SSSR count). The van der Waals surface area contributed by atoms with Crippen molar-refractivity contribution in [3.63, 3.8) is 0 Å². The number of benzene rings is 1. The van der Waals surface area contributed by atoms with E-state index in [1.165, 1.54) is 0 Å². The highest BCUT2D eigenvalue weighted by Gasteiger charge is 2.30. The fourth-order valence-corrected chi connectivity index (χ4v) is 1.26. The molecule has 1 fully saturated rings. The van der Waals surface area contributed by atoms with Gasteiger partial charge >= 0.3 is 0 Å². The Labute approximate surface area is 82.4 Å². The molecule has 1 aromatic carbocycles. The van der Waals surface area contributed by atoms with Crippen LogP contribution in [0.3, 0.4) is 0 Å². The monoisotopic (exact) mass is 198 g/mol. The van der Waals surface area contributed by atoms with Crippen molar-refractivity contribution in [2.45, 2.75) is 19.1 Å². The van der Waals surface area contributed by atoms with Gasteiger partial charge in [-0.05, 0) is 31.2 Å². The van der Waals surface area contributed by atoms with Crippen molar-refractivity contribution >= 4 is 11.6 Å². The summed E-state index contributed by atoms with van der Waals surface area (Å²) < 4.78 is 10.7. The number of halogens is 1. The van der Waals surface area contributed by atoms with Gasteiger partial charge in [-0.1, -0.05) is 11.6 Å². The van der Waals surface area contributed by atoms with Crippen LogP contribution in [-0.4, -0.2) is 18.8 Å². The van der Waals surface area contributed by atoms with Gasteiger partial charge in [0, 0.05) is 5.02 Å². The summed E-state index contributed by atoms with van der Waals surface area (Å²) in [5.41, 5.74) is 0. The predicted molar refractivity (Wildman–Crippen MR) is 51.3 cm³/mol. The van der Waals surface area contributed by atoms with Crippen LogP contribution in [0.1, 0.15) is 6.92 Å². The number of ether oxygens (including phenoxy) is 2. The Bertz CT molecular complexity index is 279. The molecule has 0 aliphatic carbocycles. The minimum atomic E-state index is 0.126. The largest absolute Gasteiger partial charge is 0.488 e. The van der Waals surface area contributed by atoms with Crippen molar-refractivity contribution in [3.05, 3.63) is 29.3 Å². The van der Waals surface area contributed by atoms with Crippen LogP contribution in [0.2, 0.25) is 5.02 Å². The van der Waals surface area contributed by atoms with Crippen molar-refractivity contribution in [1.29, 1.82) is 0 Å². The smallest absolute Gasteiger partial charge is 0.124 e. The first-order valence-corrected chi connectivity index (χ1v) is 4.67. The van der Waals surface area contributed by atoms with Crippen molar-refractivity contribution < 1.29 is 9.47 Å². The summed E-state index contributed by atoms with van der Waals surface area (Å²) in [7, 11) is 0. The Morgan fingerprint density at radius 3 is 2.62 bits per heavy atom. The summed E-state index contributed by atoms with van der Waals surface area (Å²) in [5.74, 6) is 0.840. The number of hydrogen-bond acceptors (Lipinski definition) is 2. The molecule has 0 amide bonds. The summed E-state index contributed by atoms with van der Waals surface area (Å²) in [6.45, 7) is 2.82. The molecule has 1 saturated heterocycles. The summed E-state index contributed by atoms with van der Waals surface area (Å²) in [6.07, 6.45) is 0.400. The van der Waals surface area contributed by atoms with Crippen LogP contribution in [0.15, 0.2) is 24.3 Å². The lowest BCUT2D eigenvalue weighted by molar-refractivity contribution is 0.176. The molecular weight excluding hydrogens is 188 g/mol. The molecule has 0 unspecified atom stereocenters. The third kappa shape index (κ3) is 2.36. The molecule has 3 heteroatoms. The van der Waals surface area contributed by atoms with Crippen molar-refractivity contribution in [2.24, 2.45) is 0 Å². The first-order valence-electron chi connectivity index (χ1n) is 4.29. The standard InChI is InChI=1S/C10H11ClO2/c1-7(10-6-12-10)13-9-4-2-8(11)3-5-9/h2-5,7,10H,6H2,1H3/t7-,10-/m1/s1. The summed E-state index contributed by atoms with van der Waals surface area (Å²) >= 11 is 5.74. The molecule has 0 saturated carbocycles. The van der Waals surface area contributed by atoms with E-state index in [4.69, 9.17) is 21.1 Å². The third-order valence-electron chi connectivity index (χ3n) is 2.02. The SMILES string of the molecule is C[C@@H](Oc1ccc(Cl)cc1)[C@H]1CO1. The summed E-state index contributed by atoms with van der Waals surface area (Å²) in [4.78, 5) is 0. The molecule has 1 aliphatic rings. The molecule has 1 aliphatic heterocycles. The van der Waals surface area contributed by atoms with Crippen LogP contribution in [0.4, 0.5) is 0 Å². The minimum Gasteiger partial charge on any atom is -0.488 e. The van der Waals surface area contributed by atoms with E-state index in [-0.39, 0.29) is 12.2 Å². The van der Waals surface area contributed by atoms with Gasteiger partial charge in [-0.15, -0.1) is 0 Å². The highest BCUT2D eigenvalue weighted by molar-refractivity contribution is 6.30. The van der Waals surface area contributed by atoms with Crippen molar-refractivity contribution in [1.82, 2.24) is 0 Å². The molecule has 0 spiro atoms. The Morgan fingerprint density at radius 2 is 2.08 bits per heavy atom. The molecule has 0 bridgehead atoms. The molecule has 0 radical (unpaired) electrons. The molecule has 0 N–H and O–H groups in total. The summed E-state index contributed by atoms with van der Waals surface area (Å²) in [5, 5.41) is 0.725. The average Bonchev–Trinajstić information content (AvgIpc) is 2.91. The van der Waals surface area contributed by atoms with E-state index in [0.717, 1.165) is 17.4 Å². The van der Waals surface area contributed by atoms with Crippen LogP contribution in [0.25, 0.3) is 0 Å². The topological polar surface area (TPSA) is 21.8 Å². The van der Waals surface area contributed by atoms with E-state index >= 15 is 0 Å². The second-order valence-electron chi connectivity index (χ2n) is 3.15. The van der Waals surface area contributed by atoms with Gasteiger partial charge in [-0.3, -0.25) is 0 Å². The van der Waals surface area contributed by atoms with E-state index < -0.39 is 0 Å². The fourth-order valence-electron chi connectivity index (χ4n) is 1.13. The molecule has 13 heavy (non-hydrogen) atoms. The number of rotatable bonds is 3. The Hall–Kier alpha value is -0.730. The maximum Gasteiger partial charge on any atom is 0.124 e. The highest BCUT2D eigenvalue weighted by Crippen LogP contribution is 2.21. The normalized spacial score (nSPS) is 22.5. The van der Waals surface area contributed by atoms with E-state index in [0.29, 0.717) is 0 Å². The Morgan fingerprint density at radius 1 is 1.46 bits per heavy atom. The van der Waals surface area contributed by atoms with Gasteiger partial charge in [0.05, 0.1) is 6.61 Å². The van der Waals surface area contributed by atoms with E-state index in [1.54, 1.807) is 0 Å². The van der Waals surface area contributed by atoms with Gasteiger partial charge in [0.15, 0.2) is 0 Å². The third-order valence-corrected chi connectivity index (χ3v) is 2.27.